The quantitative estimate of drug-likeness (QED) is 0.644. The predicted molar refractivity (Wildman–Crippen MR) is 103 cm³/mol. The average molecular weight is 374 g/mol. The maximum absolute atomic E-state index is 13.1. The van der Waals surface area contributed by atoms with Crippen molar-refractivity contribution in [1.29, 1.82) is 0 Å². The van der Waals surface area contributed by atoms with Gasteiger partial charge in [-0.05, 0) is 32.8 Å². The zero-order valence-electron chi connectivity index (χ0n) is 16.7. The second-order valence-corrected chi connectivity index (χ2v) is 6.73. The number of hydrogen-bond acceptors (Lipinski definition) is 5. The molecule has 0 spiro atoms. The van der Waals surface area contributed by atoms with Crippen LogP contribution in [-0.4, -0.2) is 42.2 Å². The molecule has 0 aromatic carbocycles. The highest BCUT2D eigenvalue weighted by Gasteiger charge is 2.22. The zero-order chi connectivity index (χ0) is 19.9. The Morgan fingerprint density at radius 1 is 1.07 bits per heavy atom. The molecule has 9 nitrogen and oxygen atoms in total. The van der Waals surface area contributed by atoms with Crippen LogP contribution in [0.15, 0.2) is 9.59 Å². The second-order valence-electron chi connectivity index (χ2n) is 6.73. The van der Waals surface area contributed by atoms with Crippen LogP contribution in [0.25, 0.3) is 17.1 Å². The van der Waals surface area contributed by atoms with Gasteiger partial charge in [-0.15, -0.1) is 0 Å². The summed E-state index contributed by atoms with van der Waals surface area (Å²) in [5.41, 5.74) is 2.98. The Bertz CT molecular complexity index is 1120. The molecule has 0 aliphatic heterocycles. The van der Waals surface area contributed by atoms with Gasteiger partial charge in [0.05, 0.1) is 18.8 Å². The Kier molecular flexibility index (Phi) is 5.05. The standard InChI is InChI=1S/C18H26N6O3/c1-7-8-22-14-15(19-17(22)24-13(4)11(2)12(3)20-24)21(5)18(26)23(16(14)25)9-10-27-6/h7-10H2,1-6H3. The minimum absolute atomic E-state index is 0.198. The Morgan fingerprint density at radius 3 is 2.33 bits per heavy atom. The molecule has 0 fully saturated rings. The summed E-state index contributed by atoms with van der Waals surface area (Å²) >= 11 is 0. The topological polar surface area (TPSA) is 88.9 Å². The molecule has 0 atom stereocenters. The first kappa shape index (κ1) is 19.1. The molecule has 0 aliphatic carbocycles. The third kappa shape index (κ3) is 2.91. The molecule has 3 aromatic rings. The minimum atomic E-state index is -0.401. The van der Waals surface area contributed by atoms with Gasteiger partial charge in [0.2, 0.25) is 5.95 Å². The van der Waals surface area contributed by atoms with E-state index in [1.807, 2.05) is 32.3 Å². The van der Waals surface area contributed by atoms with Crippen molar-refractivity contribution < 1.29 is 4.74 Å². The van der Waals surface area contributed by atoms with Crippen LogP contribution < -0.4 is 11.2 Å². The normalized spacial score (nSPS) is 11.6. The average Bonchev–Trinajstić information content (AvgIpc) is 3.13. The van der Waals surface area contributed by atoms with Crippen LogP contribution in [0.3, 0.4) is 0 Å². The number of methoxy groups -OCH3 is 1. The van der Waals surface area contributed by atoms with Crippen LogP contribution >= 0.6 is 0 Å². The number of hydrogen-bond donors (Lipinski definition) is 0. The predicted octanol–water partition coefficient (Wildman–Crippen LogP) is 1.06. The minimum Gasteiger partial charge on any atom is -0.383 e. The molecule has 0 bridgehead atoms. The van der Waals surface area contributed by atoms with Crippen molar-refractivity contribution in [2.24, 2.45) is 7.05 Å². The first-order chi connectivity index (χ1) is 12.8. The molecular weight excluding hydrogens is 348 g/mol. The summed E-state index contributed by atoms with van der Waals surface area (Å²) in [6, 6.07) is 0. The number of nitrogens with zero attached hydrogens (tertiary/aromatic N) is 6. The van der Waals surface area contributed by atoms with E-state index in [0.717, 1.165) is 23.4 Å². The molecule has 3 heterocycles. The number of aryl methyl sites for hydroxylation is 3. The van der Waals surface area contributed by atoms with Crippen LogP contribution in [-0.2, 0) is 24.9 Å². The molecule has 0 N–H and O–H groups in total. The van der Waals surface area contributed by atoms with Gasteiger partial charge in [-0.25, -0.2) is 9.48 Å². The van der Waals surface area contributed by atoms with Crippen LogP contribution in [0.5, 0.6) is 0 Å². The molecule has 0 saturated carbocycles. The fourth-order valence-electron chi connectivity index (χ4n) is 3.25. The summed E-state index contributed by atoms with van der Waals surface area (Å²) in [5, 5.41) is 4.59. The smallest absolute Gasteiger partial charge is 0.332 e. The summed E-state index contributed by atoms with van der Waals surface area (Å²) in [6.45, 7) is 9.04. The van der Waals surface area contributed by atoms with Crippen LogP contribution in [0.4, 0.5) is 0 Å². The van der Waals surface area contributed by atoms with Crippen molar-refractivity contribution in [3.63, 3.8) is 0 Å². The van der Waals surface area contributed by atoms with Crippen molar-refractivity contribution in [3.05, 3.63) is 37.8 Å². The summed E-state index contributed by atoms with van der Waals surface area (Å²) < 4.78 is 11.3. The van der Waals surface area contributed by atoms with Crippen molar-refractivity contribution in [3.8, 4) is 5.95 Å². The molecule has 0 amide bonds. The van der Waals surface area contributed by atoms with Gasteiger partial charge in [0.1, 0.15) is 0 Å². The van der Waals surface area contributed by atoms with Crippen molar-refractivity contribution >= 4 is 11.2 Å². The van der Waals surface area contributed by atoms with Gasteiger partial charge in [-0.2, -0.15) is 10.1 Å². The lowest BCUT2D eigenvalue weighted by Crippen LogP contribution is -2.40. The molecule has 146 valence electrons. The Labute approximate surface area is 156 Å². The number of rotatable bonds is 6. The number of fused-ring (bicyclic) bond motifs is 1. The number of imidazole rings is 1. The van der Waals surface area contributed by atoms with Crippen molar-refractivity contribution in [2.45, 2.75) is 47.2 Å². The maximum atomic E-state index is 13.1. The van der Waals surface area contributed by atoms with Gasteiger partial charge in [0.25, 0.3) is 5.56 Å². The van der Waals surface area contributed by atoms with E-state index in [2.05, 4.69) is 10.1 Å². The SMILES string of the molecule is CCCn1c(-n2nc(C)c(C)c2C)nc2c1c(=O)n(CCOC)c(=O)n2C. The van der Waals surface area contributed by atoms with E-state index in [1.54, 1.807) is 18.8 Å². The second kappa shape index (κ2) is 7.15. The van der Waals surface area contributed by atoms with Gasteiger partial charge in [-0.1, -0.05) is 6.92 Å². The van der Waals surface area contributed by atoms with E-state index >= 15 is 0 Å². The largest absolute Gasteiger partial charge is 0.383 e. The van der Waals surface area contributed by atoms with E-state index < -0.39 is 5.69 Å². The van der Waals surface area contributed by atoms with E-state index in [4.69, 9.17) is 4.74 Å². The highest BCUT2D eigenvalue weighted by atomic mass is 16.5. The molecule has 27 heavy (non-hydrogen) atoms. The van der Waals surface area contributed by atoms with Gasteiger partial charge >= 0.3 is 5.69 Å². The summed E-state index contributed by atoms with van der Waals surface area (Å²) in [7, 11) is 3.17. The van der Waals surface area contributed by atoms with Crippen molar-refractivity contribution in [2.75, 3.05) is 13.7 Å². The van der Waals surface area contributed by atoms with E-state index in [1.165, 1.54) is 9.13 Å². The first-order valence-electron chi connectivity index (χ1n) is 9.05. The highest BCUT2D eigenvalue weighted by molar-refractivity contribution is 5.72. The third-order valence-electron chi connectivity index (χ3n) is 5.02. The monoisotopic (exact) mass is 374 g/mol. The zero-order valence-corrected chi connectivity index (χ0v) is 16.7. The fourth-order valence-corrected chi connectivity index (χ4v) is 3.25. The van der Waals surface area contributed by atoms with Gasteiger partial charge < -0.3 is 9.30 Å². The fraction of sp³-hybridized carbons (Fsp3) is 0.556. The molecule has 0 unspecified atom stereocenters. The third-order valence-corrected chi connectivity index (χ3v) is 5.02. The summed E-state index contributed by atoms with van der Waals surface area (Å²) in [6.07, 6.45) is 0.817. The van der Waals surface area contributed by atoms with E-state index in [9.17, 15) is 9.59 Å². The molecule has 9 heteroatoms. The highest BCUT2D eigenvalue weighted by Crippen LogP contribution is 2.20. The Hall–Kier alpha value is -2.68. The molecular formula is C18H26N6O3. The van der Waals surface area contributed by atoms with E-state index in [0.29, 0.717) is 23.7 Å². The lowest BCUT2D eigenvalue weighted by atomic mass is 10.2. The Balaban J connectivity index is 2.40. The molecule has 0 radical (unpaired) electrons. The number of ether oxygens (including phenoxy) is 1. The lowest BCUT2D eigenvalue weighted by Gasteiger charge is -2.10. The molecule has 3 aromatic heterocycles. The molecule has 0 saturated heterocycles. The lowest BCUT2D eigenvalue weighted by molar-refractivity contribution is 0.184. The van der Waals surface area contributed by atoms with Gasteiger partial charge in [-0.3, -0.25) is 13.9 Å². The summed E-state index contributed by atoms with van der Waals surface area (Å²) in [4.78, 5) is 30.4. The van der Waals surface area contributed by atoms with Crippen molar-refractivity contribution in [1.82, 2.24) is 28.5 Å². The molecule has 0 aliphatic rings. The van der Waals surface area contributed by atoms with Gasteiger partial charge in [0.15, 0.2) is 11.2 Å². The molecule has 3 rings (SSSR count). The maximum Gasteiger partial charge on any atom is 0.332 e. The summed E-state index contributed by atoms with van der Waals surface area (Å²) in [5.74, 6) is 0.553. The number of aromatic nitrogens is 6. The van der Waals surface area contributed by atoms with Crippen LogP contribution in [0.2, 0.25) is 0 Å². The van der Waals surface area contributed by atoms with Crippen LogP contribution in [0, 0.1) is 20.8 Å². The Morgan fingerprint density at radius 2 is 1.78 bits per heavy atom. The van der Waals surface area contributed by atoms with Crippen LogP contribution in [0.1, 0.15) is 30.3 Å². The van der Waals surface area contributed by atoms with E-state index in [-0.39, 0.29) is 18.7 Å². The first-order valence-corrected chi connectivity index (χ1v) is 9.05. The van der Waals surface area contributed by atoms with Gasteiger partial charge in [0, 0.05) is 26.4 Å².